The fourth-order valence-corrected chi connectivity index (χ4v) is 4.49. The maximum absolute atomic E-state index is 10.2. The summed E-state index contributed by atoms with van der Waals surface area (Å²) in [4.78, 5) is 2.44. The molecule has 3 nitrogen and oxygen atoms in total. The van der Waals surface area contributed by atoms with Crippen LogP contribution in [0.4, 0.5) is 0 Å². The second-order valence-electron chi connectivity index (χ2n) is 7.68. The van der Waals surface area contributed by atoms with Crippen molar-refractivity contribution >= 4 is 0 Å². The lowest BCUT2D eigenvalue weighted by atomic mass is 9.84. The summed E-state index contributed by atoms with van der Waals surface area (Å²) in [6.07, 6.45) is 7.15. The van der Waals surface area contributed by atoms with Crippen molar-refractivity contribution in [1.29, 1.82) is 0 Å². The maximum atomic E-state index is 10.2. The summed E-state index contributed by atoms with van der Waals surface area (Å²) < 4.78 is 0. The summed E-state index contributed by atoms with van der Waals surface area (Å²) in [6, 6.07) is 1.01. The number of nitrogens with one attached hydrogen (secondary N) is 1. The zero-order valence-corrected chi connectivity index (χ0v) is 13.9. The monoisotopic (exact) mass is 282 g/mol. The van der Waals surface area contributed by atoms with Gasteiger partial charge >= 0.3 is 0 Å². The molecule has 0 bridgehead atoms. The molecule has 20 heavy (non-hydrogen) atoms. The van der Waals surface area contributed by atoms with Gasteiger partial charge in [0.15, 0.2) is 0 Å². The molecule has 0 radical (unpaired) electrons. The molecule has 0 heterocycles. The number of likely N-dealkylation sites (N-methyl/N-ethyl adjacent to an activating group) is 1. The zero-order valence-electron chi connectivity index (χ0n) is 13.9. The van der Waals surface area contributed by atoms with E-state index in [2.05, 4.69) is 38.0 Å². The second kappa shape index (κ2) is 6.76. The summed E-state index contributed by atoms with van der Waals surface area (Å²) in [5, 5.41) is 13.9. The molecule has 0 aliphatic heterocycles. The molecule has 0 spiro atoms. The van der Waals surface area contributed by atoms with Crippen LogP contribution in [-0.2, 0) is 0 Å². The molecule has 118 valence electrons. The van der Waals surface area contributed by atoms with Gasteiger partial charge in [-0.3, -0.25) is 0 Å². The van der Waals surface area contributed by atoms with Gasteiger partial charge in [0.2, 0.25) is 0 Å². The van der Waals surface area contributed by atoms with Gasteiger partial charge in [-0.15, -0.1) is 0 Å². The van der Waals surface area contributed by atoms with Crippen LogP contribution in [0.2, 0.25) is 0 Å². The van der Waals surface area contributed by atoms with Crippen LogP contribution >= 0.6 is 0 Å². The molecule has 3 heteroatoms. The molecule has 0 saturated heterocycles. The average Bonchev–Trinajstić information content (AvgIpc) is 2.67. The van der Waals surface area contributed by atoms with E-state index >= 15 is 0 Å². The normalized spacial score (nSPS) is 37.5. The largest absolute Gasteiger partial charge is 0.391 e. The van der Waals surface area contributed by atoms with Crippen LogP contribution in [0.1, 0.15) is 59.3 Å². The molecule has 2 fully saturated rings. The highest BCUT2D eigenvalue weighted by Gasteiger charge is 2.42. The first-order chi connectivity index (χ1) is 9.45. The Balaban J connectivity index is 1.94. The third-order valence-corrected chi connectivity index (χ3v) is 5.68. The highest BCUT2D eigenvalue weighted by Crippen LogP contribution is 2.42. The van der Waals surface area contributed by atoms with Crippen molar-refractivity contribution in [3.8, 4) is 0 Å². The van der Waals surface area contributed by atoms with Gasteiger partial charge in [0.25, 0.3) is 0 Å². The molecule has 0 aromatic rings. The minimum atomic E-state index is -0.110. The molecule has 2 rings (SSSR count). The predicted molar refractivity (Wildman–Crippen MR) is 84.9 cm³/mol. The van der Waals surface area contributed by atoms with E-state index in [4.69, 9.17) is 0 Å². The number of hydrogen-bond acceptors (Lipinski definition) is 3. The van der Waals surface area contributed by atoms with Crippen LogP contribution in [0.5, 0.6) is 0 Å². The Morgan fingerprint density at radius 3 is 2.55 bits per heavy atom. The Hall–Kier alpha value is -0.120. The van der Waals surface area contributed by atoms with Gasteiger partial charge < -0.3 is 15.3 Å². The van der Waals surface area contributed by atoms with Crippen molar-refractivity contribution in [2.75, 3.05) is 20.1 Å². The lowest BCUT2D eigenvalue weighted by molar-refractivity contribution is 0.0230. The van der Waals surface area contributed by atoms with E-state index < -0.39 is 0 Å². The van der Waals surface area contributed by atoms with Crippen LogP contribution in [0, 0.1) is 11.3 Å². The highest BCUT2D eigenvalue weighted by molar-refractivity contribution is 4.97. The van der Waals surface area contributed by atoms with Gasteiger partial charge in [-0.1, -0.05) is 33.6 Å². The van der Waals surface area contributed by atoms with Crippen molar-refractivity contribution in [2.24, 2.45) is 11.3 Å². The van der Waals surface area contributed by atoms with Gasteiger partial charge in [0, 0.05) is 18.6 Å². The van der Waals surface area contributed by atoms with E-state index in [9.17, 15) is 5.11 Å². The molecular formula is C17H34N2O. The third kappa shape index (κ3) is 3.55. The number of nitrogens with zero attached hydrogens (tertiary/aromatic N) is 1. The molecule has 0 aromatic carbocycles. The lowest BCUT2D eigenvalue weighted by Gasteiger charge is -2.39. The van der Waals surface area contributed by atoms with Gasteiger partial charge in [-0.05, 0) is 50.6 Å². The Morgan fingerprint density at radius 2 is 1.90 bits per heavy atom. The number of hydrogen-bond donors (Lipinski definition) is 2. The predicted octanol–water partition coefficient (Wildman–Crippen LogP) is 2.64. The minimum absolute atomic E-state index is 0.110. The van der Waals surface area contributed by atoms with Crippen molar-refractivity contribution < 1.29 is 5.11 Å². The lowest BCUT2D eigenvalue weighted by Crippen LogP contribution is -2.49. The van der Waals surface area contributed by atoms with Gasteiger partial charge in [-0.2, -0.15) is 0 Å². The van der Waals surface area contributed by atoms with Crippen LogP contribution in [0.25, 0.3) is 0 Å². The van der Waals surface area contributed by atoms with Crippen LogP contribution < -0.4 is 5.32 Å². The molecule has 0 aromatic heterocycles. The molecule has 0 amide bonds. The number of aliphatic hydroxyl groups is 1. The Kier molecular flexibility index (Phi) is 5.49. The zero-order chi connectivity index (χ0) is 14.8. The quantitative estimate of drug-likeness (QED) is 0.814. The van der Waals surface area contributed by atoms with E-state index in [1.807, 2.05) is 0 Å². The van der Waals surface area contributed by atoms with Gasteiger partial charge in [0.1, 0.15) is 0 Å². The smallest absolute Gasteiger partial charge is 0.0695 e. The van der Waals surface area contributed by atoms with Crippen LogP contribution in [0.3, 0.4) is 0 Å². The maximum Gasteiger partial charge on any atom is 0.0695 e. The Labute approximate surface area is 125 Å². The standard InChI is InChI=1S/C17H34N2O/c1-5-18-16-13(10-11-17(16,2)3)12-19(4)14-8-6-7-9-15(14)20/h13-16,18,20H,5-12H2,1-4H3. The summed E-state index contributed by atoms with van der Waals surface area (Å²) in [7, 11) is 2.22. The van der Waals surface area contributed by atoms with Crippen molar-refractivity contribution in [2.45, 2.75) is 77.5 Å². The van der Waals surface area contributed by atoms with Crippen molar-refractivity contribution in [1.82, 2.24) is 10.2 Å². The van der Waals surface area contributed by atoms with E-state index in [0.717, 1.165) is 25.4 Å². The topological polar surface area (TPSA) is 35.5 Å². The average molecular weight is 282 g/mol. The first kappa shape index (κ1) is 16.3. The minimum Gasteiger partial charge on any atom is -0.391 e. The van der Waals surface area contributed by atoms with E-state index in [1.54, 1.807) is 0 Å². The van der Waals surface area contributed by atoms with Gasteiger partial charge in [0.05, 0.1) is 6.10 Å². The molecule has 4 atom stereocenters. The Morgan fingerprint density at radius 1 is 1.20 bits per heavy atom. The van der Waals surface area contributed by atoms with Crippen LogP contribution in [-0.4, -0.2) is 48.3 Å². The number of aliphatic hydroxyl groups excluding tert-OH is 1. The summed E-state index contributed by atoms with van der Waals surface area (Å²) in [5.74, 6) is 0.726. The fraction of sp³-hybridized carbons (Fsp3) is 1.00. The molecule has 2 aliphatic carbocycles. The van der Waals surface area contributed by atoms with E-state index in [-0.39, 0.29) is 6.10 Å². The highest BCUT2D eigenvalue weighted by atomic mass is 16.3. The van der Waals surface area contributed by atoms with Crippen molar-refractivity contribution in [3.63, 3.8) is 0 Å². The summed E-state index contributed by atoms with van der Waals surface area (Å²) in [6.45, 7) is 9.19. The molecule has 2 N–H and O–H groups in total. The van der Waals surface area contributed by atoms with E-state index in [0.29, 0.717) is 17.5 Å². The molecule has 2 saturated carbocycles. The number of rotatable bonds is 5. The summed E-state index contributed by atoms with van der Waals surface area (Å²) >= 11 is 0. The Bertz CT molecular complexity index is 305. The first-order valence-corrected chi connectivity index (χ1v) is 8.57. The fourth-order valence-electron chi connectivity index (χ4n) is 4.49. The van der Waals surface area contributed by atoms with Crippen molar-refractivity contribution in [3.05, 3.63) is 0 Å². The van der Waals surface area contributed by atoms with Gasteiger partial charge in [-0.25, -0.2) is 0 Å². The molecular weight excluding hydrogens is 248 g/mol. The molecule has 4 unspecified atom stereocenters. The second-order valence-corrected chi connectivity index (χ2v) is 7.68. The third-order valence-electron chi connectivity index (χ3n) is 5.68. The summed E-state index contributed by atoms with van der Waals surface area (Å²) in [5.41, 5.74) is 0.409. The first-order valence-electron chi connectivity index (χ1n) is 8.57. The SMILES string of the molecule is CCNC1C(CN(C)C2CCCCC2O)CCC1(C)C. The molecule has 2 aliphatic rings. The van der Waals surface area contributed by atoms with Crippen LogP contribution in [0.15, 0.2) is 0 Å². The van der Waals surface area contributed by atoms with E-state index in [1.165, 1.54) is 32.1 Å².